The average molecular weight is 302 g/mol. The molecule has 0 aliphatic heterocycles. The van der Waals surface area contributed by atoms with Gasteiger partial charge < -0.3 is 19.8 Å². The number of benzene rings is 1. The topological polar surface area (TPSA) is 70.0 Å². The second kappa shape index (κ2) is 8.79. The normalized spacial score (nSPS) is 10.4. The van der Waals surface area contributed by atoms with Gasteiger partial charge in [-0.1, -0.05) is 17.7 Å². The van der Waals surface area contributed by atoms with Crippen molar-refractivity contribution < 1.29 is 19.7 Å². The summed E-state index contributed by atoms with van der Waals surface area (Å²) >= 11 is 6.02. The number of carbonyl (C=O) groups is 1. The second-order valence-electron chi connectivity index (χ2n) is 4.30. The van der Waals surface area contributed by atoms with Crippen molar-refractivity contribution in [1.29, 1.82) is 0 Å². The van der Waals surface area contributed by atoms with Gasteiger partial charge in [-0.25, -0.2) is 0 Å². The van der Waals surface area contributed by atoms with Gasteiger partial charge in [0.25, 0.3) is 0 Å². The van der Waals surface area contributed by atoms with E-state index in [0.717, 1.165) is 5.56 Å². The zero-order valence-electron chi connectivity index (χ0n) is 11.5. The molecule has 2 N–H and O–H groups in total. The largest absolute Gasteiger partial charge is 0.495 e. The number of aryl methyl sites for hydroxylation is 1. The smallest absolute Gasteiger partial charge is 0.223 e. The van der Waals surface area contributed by atoms with Gasteiger partial charge in [-0.15, -0.1) is 0 Å². The average Bonchev–Trinajstić information content (AvgIpc) is 2.44. The Labute approximate surface area is 123 Å². The Bertz CT molecular complexity index is 433. The van der Waals surface area contributed by atoms with E-state index < -0.39 is 0 Å². The van der Waals surface area contributed by atoms with E-state index >= 15 is 0 Å². The molecule has 6 heteroatoms. The van der Waals surface area contributed by atoms with Crippen molar-refractivity contribution in [2.45, 2.75) is 12.8 Å². The first kappa shape index (κ1) is 16.8. The van der Waals surface area contributed by atoms with Crippen LogP contribution in [0, 0.1) is 0 Å². The second-order valence-corrected chi connectivity index (χ2v) is 4.70. The van der Waals surface area contributed by atoms with Gasteiger partial charge in [0, 0.05) is 19.5 Å². The zero-order valence-corrected chi connectivity index (χ0v) is 12.3. The summed E-state index contributed by atoms with van der Waals surface area (Å²) in [7, 11) is 1.55. The molecule has 0 aromatic heterocycles. The minimum absolute atomic E-state index is 0.0972. The van der Waals surface area contributed by atoms with Crippen molar-refractivity contribution in [3.63, 3.8) is 0 Å². The van der Waals surface area contributed by atoms with Crippen molar-refractivity contribution >= 4 is 17.5 Å². The molecule has 1 amide bonds. The summed E-state index contributed by atoms with van der Waals surface area (Å²) in [5, 5.41) is 18.3. The number of aliphatic hydroxyl groups is 2. The van der Waals surface area contributed by atoms with Crippen molar-refractivity contribution in [2.24, 2.45) is 0 Å². The molecule has 112 valence electrons. The summed E-state index contributed by atoms with van der Waals surface area (Å²) in [4.78, 5) is 13.4. The molecule has 1 rings (SSSR count). The Kier molecular flexibility index (Phi) is 7.36. The lowest BCUT2D eigenvalue weighted by Gasteiger charge is -2.20. The highest BCUT2D eigenvalue weighted by Gasteiger charge is 2.12. The van der Waals surface area contributed by atoms with Crippen molar-refractivity contribution in [3.8, 4) is 5.75 Å². The molecule has 0 aliphatic carbocycles. The molecule has 0 saturated carbocycles. The minimum Gasteiger partial charge on any atom is -0.495 e. The number of hydrogen-bond acceptors (Lipinski definition) is 4. The molecule has 0 heterocycles. The molecule has 0 radical (unpaired) electrons. The predicted octanol–water partition coefficient (Wildman–Crippen LogP) is 1.09. The Morgan fingerprint density at radius 1 is 1.30 bits per heavy atom. The predicted molar refractivity (Wildman–Crippen MR) is 77.1 cm³/mol. The number of hydrogen-bond donors (Lipinski definition) is 2. The number of nitrogens with zero attached hydrogens (tertiary/aromatic N) is 1. The van der Waals surface area contributed by atoms with E-state index in [9.17, 15) is 4.79 Å². The van der Waals surface area contributed by atoms with Crippen molar-refractivity contribution in [3.05, 3.63) is 28.8 Å². The number of halogens is 1. The van der Waals surface area contributed by atoms with Crippen LogP contribution in [-0.2, 0) is 11.2 Å². The molecular formula is C14H20ClNO4. The quantitative estimate of drug-likeness (QED) is 0.754. The molecule has 0 saturated heterocycles. The molecule has 1 aromatic rings. The number of aliphatic hydroxyl groups excluding tert-OH is 2. The highest BCUT2D eigenvalue weighted by Crippen LogP contribution is 2.25. The van der Waals surface area contributed by atoms with Gasteiger partial charge in [0.05, 0.1) is 25.3 Å². The van der Waals surface area contributed by atoms with Gasteiger partial charge in [-0.05, 0) is 24.1 Å². The van der Waals surface area contributed by atoms with Gasteiger partial charge >= 0.3 is 0 Å². The van der Waals surface area contributed by atoms with Crippen LogP contribution in [0.5, 0.6) is 5.75 Å². The number of methoxy groups -OCH3 is 1. The van der Waals surface area contributed by atoms with Crippen LogP contribution < -0.4 is 4.74 Å². The summed E-state index contributed by atoms with van der Waals surface area (Å²) in [6.45, 7) is 0.256. The SMILES string of the molecule is COc1ccc(CCC(=O)N(CCO)CCO)cc1Cl. The maximum atomic E-state index is 12.0. The molecule has 0 unspecified atom stereocenters. The van der Waals surface area contributed by atoms with Crippen LogP contribution in [-0.4, -0.2) is 54.4 Å². The maximum Gasteiger partial charge on any atom is 0.223 e. The highest BCUT2D eigenvalue weighted by molar-refractivity contribution is 6.32. The molecule has 20 heavy (non-hydrogen) atoms. The van der Waals surface area contributed by atoms with Gasteiger partial charge in [0.1, 0.15) is 5.75 Å². The first-order valence-electron chi connectivity index (χ1n) is 6.44. The van der Waals surface area contributed by atoms with Gasteiger partial charge in [0.15, 0.2) is 0 Å². The molecule has 0 fully saturated rings. The lowest BCUT2D eigenvalue weighted by molar-refractivity contribution is -0.132. The van der Waals surface area contributed by atoms with Crippen molar-refractivity contribution in [1.82, 2.24) is 4.90 Å². The molecule has 0 aliphatic rings. The third kappa shape index (κ3) is 5.00. The van der Waals surface area contributed by atoms with E-state index in [-0.39, 0.29) is 32.2 Å². The lowest BCUT2D eigenvalue weighted by atomic mass is 10.1. The summed E-state index contributed by atoms with van der Waals surface area (Å²) in [6, 6.07) is 5.40. The first-order valence-corrected chi connectivity index (χ1v) is 6.82. The molecule has 0 bridgehead atoms. The third-order valence-corrected chi connectivity index (χ3v) is 3.23. The Morgan fingerprint density at radius 3 is 2.45 bits per heavy atom. The van der Waals surface area contributed by atoms with Crippen LogP contribution >= 0.6 is 11.6 Å². The van der Waals surface area contributed by atoms with Crippen LogP contribution in [0.1, 0.15) is 12.0 Å². The fraction of sp³-hybridized carbons (Fsp3) is 0.500. The number of carbonyl (C=O) groups excluding carboxylic acids is 1. The van der Waals surface area contributed by atoms with Crippen LogP contribution in [0.2, 0.25) is 5.02 Å². The summed E-state index contributed by atoms with van der Waals surface area (Å²) in [5.74, 6) is 0.504. The Hall–Kier alpha value is -1.30. The van der Waals surface area contributed by atoms with E-state index in [1.807, 2.05) is 6.07 Å². The molecule has 5 nitrogen and oxygen atoms in total. The molecule has 0 atom stereocenters. The van der Waals surface area contributed by atoms with Gasteiger partial charge in [0.2, 0.25) is 5.91 Å². The fourth-order valence-electron chi connectivity index (χ4n) is 1.88. The fourth-order valence-corrected chi connectivity index (χ4v) is 2.16. The standard InChI is InChI=1S/C14H20ClNO4/c1-20-13-4-2-11(10-12(13)15)3-5-14(19)16(6-8-17)7-9-18/h2,4,10,17-18H,3,5-9H2,1H3. The number of rotatable bonds is 8. The van der Waals surface area contributed by atoms with Crippen LogP contribution in [0.3, 0.4) is 0 Å². The van der Waals surface area contributed by atoms with Crippen molar-refractivity contribution in [2.75, 3.05) is 33.4 Å². The molecule has 1 aromatic carbocycles. The van der Waals surface area contributed by atoms with Gasteiger partial charge in [-0.3, -0.25) is 4.79 Å². The monoisotopic (exact) mass is 301 g/mol. The minimum atomic E-state index is -0.111. The van der Waals surface area contributed by atoms with Crippen LogP contribution in [0.15, 0.2) is 18.2 Å². The summed E-state index contributed by atoms with van der Waals surface area (Å²) in [5.41, 5.74) is 0.942. The summed E-state index contributed by atoms with van der Waals surface area (Å²) in [6.07, 6.45) is 0.860. The number of ether oxygens (including phenoxy) is 1. The highest BCUT2D eigenvalue weighted by atomic mass is 35.5. The molecule has 0 spiro atoms. The Balaban J connectivity index is 2.57. The zero-order chi connectivity index (χ0) is 15.0. The lowest BCUT2D eigenvalue weighted by Crippen LogP contribution is -2.35. The van der Waals surface area contributed by atoms with E-state index in [4.69, 9.17) is 26.6 Å². The summed E-state index contributed by atoms with van der Waals surface area (Å²) < 4.78 is 5.07. The van der Waals surface area contributed by atoms with Gasteiger partial charge in [-0.2, -0.15) is 0 Å². The van der Waals surface area contributed by atoms with E-state index in [2.05, 4.69) is 0 Å². The maximum absolute atomic E-state index is 12.0. The van der Waals surface area contributed by atoms with E-state index in [1.165, 1.54) is 4.90 Å². The van der Waals surface area contributed by atoms with E-state index in [0.29, 0.717) is 23.6 Å². The van der Waals surface area contributed by atoms with E-state index in [1.54, 1.807) is 19.2 Å². The number of amides is 1. The van der Waals surface area contributed by atoms with Crippen LogP contribution in [0.4, 0.5) is 0 Å². The Morgan fingerprint density at radius 2 is 1.95 bits per heavy atom. The first-order chi connectivity index (χ1) is 9.62. The third-order valence-electron chi connectivity index (χ3n) is 2.94. The van der Waals surface area contributed by atoms with Crippen LogP contribution in [0.25, 0.3) is 0 Å². The molecular weight excluding hydrogens is 282 g/mol.